The van der Waals surface area contributed by atoms with Gasteiger partial charge in [-0.15, -0.1) is 0 Å². The van der Waals surface area contributed by atoms with Crippen LogP contribution in [0.25, 0.3) is 0 Å². The predicted octanol–water partition coefficient (Wildman–Crippen LogP) is 5.31. The molecule has 0 amide bonds. The van der Waals surface area contributed by atoms with Gasteiger partial charge in [0.2, 0.25) is 0 Å². The molecule has 0 saturated carbocycles. The van der Waals surface area contributed by atoms with Gasteiger partial charge in [-0.05, 0) is 45.8 Å². The lowest BCUT2D eigenvalue weighted by Crippen LogP contribution is -2.23. The van der Waals surface area contributed by atoms with Crippen molar-refractivity contribution in [2.75, 3.05) is 0 Å². The highest BCUT2D eigenvalue weighted by Crippen LogP contribution is 2.35. The second kappa shape index (κ2) is 5.89. The Morgan fingerprint density at radius 1 is 1.39 bits per heavy atom. The standard InChI is InChI=1S/C14H20BrClFN/c1-8(14(2,3)4)5-13(18)9-6-11(16)10(15)7-12(9)17/h6-8,13H,5,18H2,1-4H3. The molecule has 0 spiro atoms. The van der Waals surface area contributed by atoms with Gasteiger partial charge in [-0.1, -0.05) is 39.3 Å². The Morgan fingerprint density at radius 2 is 1.94 bits per heavy atom. The molecular formula is C14H20BrClFN. The first-order valence-corrected chi connectivity index (χ1v) is 7.20. The molecule has 1 aromatic rings. The molecule has 1 nitrogen and oxygen atoms in total. The highest BCUT2D eigenvalue weighted by Gasteiger charge is 2.24. The van der Waals surface area contributed by atoms with E-state index in [1.54, 1.807) is 6.07 Å². The molecule has 2 N–H and O–H groups in total. The minimum Gasteiger partial charge on any atom is -0.324 e. The number of hydrogen-bond acceptors (Lipinski definition) is 1. The van der Waals surface area contributed by atoms with Crippen molar-refractivity contribution in [3.05, 3.63) is 33.0 Å². The summed E-state index contributed by atoms with van der Waals surface area (Å²) in [7, 11) is 0. The van der Waals surface area contributed by atoms with E-state index >= 15 is 0 Å². The molecule has 0 radical (unpaired) electrons. The van der Waals surface area contributed by atoms with E-state index in [4.69, 9.17) is 17.3 Å². The Hall–Kier alpha value is -0.120. The van der Waals surface area contributed by atoms with Crippen LogP contribution < -0.4 is 5.73 Å². The smallest absolute Gasteiger partial charge is 0.129 e. The van der Waals surface area contributed by atoms with Crippen molar-refractivity contribution >= 4 is 27.5 Å². The zero-order valence-corrected chi connectivity index (χ0v) is 13.6. The zero-order chi connectivity index (χ0) is 14.1. The van der Waals surface area contributed by atoms with Gasteiger partial charge in [-0.3, -0.25) is 0 Å². The maximum atomic E-state index is 13.9. The Bertz CT molecular complexity index is 429. The second-order valence-corrected chi connectivity index (χ2v) is 7.16. The molecule has 4 heteroatoms. The normalized spacial score (nSPS) is 15.6. The molecule has 0 bridgehead atoms. The minimum absolute atomic E-state index is 0.160. The van der Waals surface area contributed by atoms with E-state index in [9.17, 15) is 4.39 Å². The summed E-state index contributed by atoms with van der Waals surface area (Å²) in [6.07, 6.45) is 0.735. The van der Waals surface area contributed by atoms with Crippen LogP contribution in [0.15, 0.2) is 16.6 Å². The van der Waals surface area contributed by atoms with Gasteiger partial charge in [0.1, 0.15) is 5.82 Å². The lowest BCUT2D eigenvalue weighted by atomic mass is 9.78. The summed E-state index contributed by atoms with van der Waals surface area (Å²) in [5, 5.41) is 0.491. The molecule has 2 atom stereocenters. The topological polar surface area (TPSA) is 26.0 Å². The maximum absolute atomic E-state index is 13.9. The Kier molecular flexibility index (Phi) is 5.22. The zero-order valence-electron chi connectivity index (χ0n) is 11.2. The van der Waals surface area contributed by atoms with Crippen molar-refractivity contribution in [3.8, 4) is 0 Å². The largest absolute Gasteiger partial charge is 0.324 e. The third-order valence-corrected chi connectivity index (χ3v) is 4.72. The average Bonchev–Trinajstić information content (AvgIpc) is 2.21. The van der Waals surface area contributed by atoms with Crippen LogP contribution in [-0.4, -0.2) is 0 Å². The van der Waals surface area contributed by atoms with Crippen LogP contribution in [0.5, 0.6) is 0 Å². The van der Waals surface area contributed by atoms with Gasteiger partial charge >= 0.3 is 0 Å². The number of nitrogens with two attached hydrogens (primary N) is 1. The van der Waals surface area contributed by atoms with Gasteiger partial charge in [0, 0.05) is 16.1 Å². The van der Waals surface area contributed by atoms with Crippen LogP contribution >= 0.6 is 27.5 Å². The van der Waals surface area contributed by atoms with Crippen molar-refractivity contribution in [3.63, 3.8) is 0 Å². The van der Waals surface area contributed by atoms with Gasteiger partial charge in [0.05, 0.1) is 5.02 Å². The van der Waals surface area contributed by atoms with E-state index in [0.717, 1.165) is 6.42 Å². The summed E-state index contributed by atoms with van der Waals surface area (Å²) in [6, 6.07) is 2.66. The number of halogens is 3. The minimum atomic E-state index is -0.329. The van der Waals surface area contributed by atoms with Crippen LogP contribution in [-0.2, 0) is 0 Å². The van der Waals surface area contributed by atoms with Crippen LogP contribution in [0.1, 0.15) is 45.7 Å². The summed E-state index contributed by atoms with van der Waals surface area (Å²) >= 11 is 9.19. The van der Waals surface area contributed by atoms with E-state index in [-0.39, 0.29) is 17.3 Å². The van der Waals surface area contributed by atoms with Gasteiger partial charge in [0.25, 0.3) is 0 Å². The second-order valence-electron chi connectivity index (χ2n) is 5.90. The predicted molar refractivity (Wildman–Crippen MR) is 79.3 cm³/mol. The SMILES string of the molecule is CC(CC(N)c1cc(Cl)c(Br)cc1F)C(C)(C)C. The molecule has 0 fully saturated rings. The van der Waals surface area contributed by atoms with Crippen LogP contribution in [0.2, 0.25) is 5.02 Å². The van der Waals surface area contributed by atoms with Crippen molar-refractivity contribution in [2.24, 2.45) is 17.1 Å². The summed E-state index contributed by atoms with van der Waals surface area (Å²) in [6.45, 7) is 8.62. The van der Waals surface area contributed by atoms with Crippen LogP contribution in [0, 0.1) is 17.2 Å². The van der Waals surface area contributed by atoms with Crippen LogP contribution in [0.4, 0.5) is 4.39 Å². The van der Waals surface area contributed by atoms with E-state index in [1.807, 2.05) is 0 Å². The highest BCUT2D eigenvalue weighted by atomic mass is 79.9. The molecule has 0 saturated heterocycles. The molecular weight excluding hydrogens is 317 g/mol. The molecule has 0 aliphatic heterocycles. The van der Waals surface area contributed by atoms with Crippen molar-refractivity contribution in [1.29, 1.82) is 0 Å². The Labute approximate surface area is 122 Å². The third-order valence-electron chi connectivity index (χ3n) is 3.52. The first-order valence-electron chi connectivity index (χ1n) is 6.03. The Morgan fingerprint density at radius 3 is 2.44 bits per heavy atom. The van der Waals surface area contributed by atoms with Crippen LogP contribution in [0.3, 0.4) is 0 Å². The summed E-state index contributed by atoms with van der Waals surface area (Å²) in [4.78, 5) is 0. The molecule has 18 heavy (non-hydrogen) atoms. The van der Waals surface area contributed by atoms with Gasteiger partial charge in [-0.25, -0.2) is 4.39 Å². The van der Waals surface area contributed by atoms with E-state index < -0.39 is 0 Å². The average molecular weight is 337 g/mol. The molecule has 2 unspecified atom stereocenters. The Balaban J connectivity index is 2.91. The van der Waals surface area contributed by atoms with Crippen molar-refractivity contribution < 1.29 is 4.39 Å². The molecule has 0 aromatic heterocycles. The molecule has 1 aromatic carbocycles. The van der Waals surface area contributed by atoms with E-state index in [2.05, 4.69) is 43.6 Å². The fraction of sp³-hybridized carbons (Fsp3) is 0.571. The first-order chi connectivity index (χ1) is 8.12. The molecule has 0 aliphatic rings. The number of hydrogen-bond donors (Lipinski definition) is 1. The lowest BCUT2D eigenvalue weighted by Gasteiger charge is -2.29. The first kappa shape index (κ1) is 15.9. The van der Waals surface area contributed by atoms with Gasteiger partial charge in [0.15, 0.2) is 0 Å². The fourth-order valence-electron chi connectivity index (χ4n) is 1.68. The van der Waals surface area contributed by atoms with Crippen molar-refractivity contribution in [2.45, 2.75) is 40.2 Å². The molecule has 1 rings (SSSR count). The third kappa shape index (κ3) is 3.94. The van der Waals surface area contributed by atoms with E-state index in [1.165, 1.54) is 6.07 Å². The van der Waals surface area contributed by atoms with E-state index in [0.29, 0.717) is 21.0 Å². The number of rotatable bonds is 3. The monoisotopic (exact) mass is 335 g/mol. The van der Waals surface area contributed by atoms with Crippen molar-refractivity contribution in [1.82, 2.24) is 0 Å². The quantitative estimate of drug-likeness (QED) is 0.743. The summed E-state index contributed by atoms with van der Waals surface area (Å²) in [5.41, 5.74) is 6.74. The lowest BCUT2D eigenvalue weighted by molar-refractivity contribution is 0.233. The number of benzene rings is 1. The molecule has 0 heterocycles. The summed E-state index contributed by atoms with van der Waals surface area (Å²) < 4.78 is 14.4. The summed E-state index contributed by atoms with van der Waals surface area (Å²) in [5.74, 6) is 0.0919. The maximum Gasteiger partial charge on any atom is 0.129 e. The highest BCUT2D eigenvalue weighted by molar-refractivity contribution is 9.10. The fourth-order valence-corrected chi connectivity index (χ4v) is 2.17. The van der Waals surface area contributed by atoms with Gasteiger partial charge < -0.3 is 5.73 Å². The van der Waals surface area contributed by atoms with Gasteiger partial charge in [-0.2, -0.15) is 0 Å². The molecule has 102 valence electrons. The molecule has 0 aliphatic carbocycles.